The lowest BCUT2D eigenvalue weighted by molar-refractivity contribution is 0.182. The molecule has 1 aromatic heterocycles. The molecule has 1 saturated heterocycles. The van der Waals surface area contributed by atoms with E-state index in [1.807, 2.05) is 31.3 Å². The number of hydrogen-bond acceptors (Lipinski definition) is 5. The highest BCUT2D eigenvalue weighted by atomic mass is 35.5. The Kier molecular flexibility index (Phi) is 4.53. The summed E-state index contributed by atoms with van der Waals surface area (Å²) in [6.45, 7) is 2.85. The highest BCUT2D eigenvalue weighted by Crippen LogP contribution is 2.20. The summed E-state index contributed by atoms with van der Waals surface area (Å²) in [5.41, 5.74) is 0.893. The van der Waals surface area contributed by atoms with Crippen molar-refractivity contribution in [3.63, 3.8) is 0 Å². The molecule has 112 valence electrons. The first kappa shape index (κ1) is 14.5. The van der Waals surface area contributed by atoms with Crippen LogP contribution in [0.3, 0.4) is 0 Å². The average Bonchev–Trinajstić information content (AvgIpc) is 2.96. The Balaban J connectivity index is 1.66. The lowest BCUT2D eigenvalue weighted by Crippen LogP contribution is -2.44. The Hall–Kier alpha value is -1.43. The molecule has 1 atom stereocenters. The minimum absolute atomic E-state index is 0.545. The molecule has 3 rings (SSSR count). The number of aromatic nitrogens is 2. The summed E-state index contributed by atoms with van der Waals surface area (Å²) in [6, 6.07) is 7.97. The average molecular weight is 307 g/mol. The van der Waals surface area contributed by atoms with Gasteiger partial charge in [0.25, 0.3) is 5.89 Å². The molecule has 0 amide bonds. The number of rotatable bonds is 4. The van der Waals surface area contributed by atoms with E-state index < -0.39 is 0 Å². The second-order valence-corrected chi connectivity index (χ2v) is 5.82. The van der Waals surface area contributed by atoms with Crippen LogP contribution in [0, 0.1) is 0 Å². The van der Waals surface area contributed by atoms with Gasteiger partial charge in [-0.05, 0) is 50.7 Å². The SMILES string of the molecule is CNC1CCCN(Cc2noc(-c3ccc(Cl)cc3)n2)C1. The normalized spacial score (nSPS) is 19.8. The lowest BCUT2D eigenvalue weighted by Gasteiger charge is -2.31. The Morgan fingerprint density at radius 2 is 2.19 bits per heavy atom. The van der Waals surface area contributed by atoms with Crippen LogP contribution in [-0.2, 0) is 6.54 Å². The molecule has 2 aromatic rings. The number of nitrogens with zero attached hydrogens (tertiary/aromatic N) is 3. The molecule has 0 aliphatic carbocycles. The molecule has 0 bridgehead atoms. The van der Waals surface area contributed by atoms with Crippen molar-refractivity contribution in [1.82, 2.24) is 20.4 Å². The Bertz CT molecular complexity index is 584. The van der Waals surface area contributed by atoms with Crippen molar-refractivity contribution in [2.24, 2.45) is 0 Å². The van der Waals surface area contributed by atoms with E-state index in [-0.39, 0.29) is 0 Å². The summed E-state index contributed by atoms with van der Waals surface area (Å²) in [5.74, 6) is 1.28. The molecule has 1 aromatic carbocycles. The predicted molar refractivity (Wildman–Crippen MR) is 82.1 cm³/mol. The fourth-order valence-electron chi connectivity index (χ4n) is 2.66. The van der Waals surface area contributed by atoms with Crippen LogP contribution in [0.5, 0.6) is 0 Å². The molecule has 2 heterocycles. The number of halogens is 1. The second kappa shape index (κ2) is 6.56. The Labute approximate surface area is 129 Å². The van der Waals surface area contributed by atoms with Crippen molar-refractivity contribution in [2.75, 3.05) is 20.1 Å². The number of piperidine rings is 1. The highest BCUT2D eigenvalue weighted by molar-refractivity contribution is 6.30. The van der Waals surface area contributed by atoms with E-state index in [0.29, 0.717) is 17.0 Å². The largest absolute Gasteiger partial charge is 0.334 e. The van der Waals surface area contributed by atoms with Gasteiger partial charge in [-0.25, -0.2) is 0 Å². The van der Waals surface area contributed by atoms with Crippen LogP contribution >= 0.6 is 11.6 Å². The summed E-state index contributed by atoms with van der Waals surface area (Å²) < 4.78 is 5.34. The van der Waals surface area contributed by atoms with Crippen molar-refractivity contribution in [1.29, 1.82) is 0 Å². The van der Waals surface area contributed by atoms with E-state index >= 15 is 0 Å². The molecule has 1 unspecified atom stereocenters. The van der Waals surface area contributed by atoms with Crippen LogP contribution in [0.15, 0.2) is 28.8 Å². The van der Waals surface area contributed by atoms with Crippen LogP contribution in [0.2, 0.25) is 5.02 Å². The van der Waals surface area contributed by atoms with E-state index in [4.69, 9.17) is 16.1 Å². The molecule has 1 aliphatic heterocycles. The second-order valence-electron chi connectivity index (χ2n) is 5.39. The van der Waals surface area contributed by atoms with Gasteiger partial charge in [-0.3, -0.25) is 4.90 Å². The first-order valence-electron chi connectivity index (χ1n) is 7.23. The highest BCUT2D eigenvalue weighted by Gasteiger charge is 2.20. The zero-order valence-electron chi connectivity index (χ0n) is 12.1. The number of likely N-dealkylation sites (N-methyl/N-ethyl adjacent to an activating group) is 1. The summed E-state index contributed by atoms with van der Waals surface area (Å²) in [6.07, 6.45) is 2.43. The third-order valence-corrected chi connectivity index (χ3v) is 4.09. The molecule has 0 spiro atoms. The molecule has 21 heavy (non-hydrogen) atoms. The summed E-state index contributed by atoms with van der Waals surface area (Å²) in [4.78, 5) is 6.83. The van der Waals surface area contributed by atoms with Gasteiger partial charge >= 0.3 is 0 Å². The Morgan fingerprint density at radius 1 is 1.38 bits per heavy atom. The van der Waals surface area contributed by atoms with Gasteiger partial charge < -0.3 is 9.84 Å². The fourth-order valence-corrected chi connectivity index (χ4v) is 2.79. The number of hydrogen-bond donors (Lipinski definition) is 1. The summed E-state index contributed by atoms with van der Waals surface area (Å²) in [7, 11) is 2.02. The van der Waals surface area contributed by atoms with Gasteiger partial charge in [-0.15, -0.1) is 0 Å². The smallest absolute Gasteiger partial charge is 0.257 e. The quantitative estimate of drug-likeness (QED) is 0.941. The van der Waals surface area contributed by atoms with Crippen molar-refractivity contribution in [2.45, 2.75) is 25.4 Å². The van der Waals surface area contributed by atoms with Gasteiger partial charge in [-0.2, -0.15) is 4.98 Å². The van der Waals surface area contributed by atoms with Crippen LogP contribution < -0.4 is 5.32 Å². The van der Waals surface area contributed by atoms with Crippen LogP contribution in [-0.4, -0.2) is 41.2 Å². The van der Waals surface area contributed by atoms with Gasteiger partial charge in [-0.1, -0.05) is 16.8 Å². The standard InChI is InChI=1S/C15H19ClN4O/c1-17-13-3-2-8-20(9-13)10-14-18-15(21-19-14)11-4-6-12(16)7-5-11/h4-7,13,17H,2-3,8-10H2,1H3. The molecule has 0 radical (unpaired) electrons. The molecule has 1 N–H and O–H groups in total. The molecular weight excluding hydrogens is 288 g/mol. The zero-order chi connectivity index (χ0) is 14.7. The van der Waals surface area contributed by atoms with Crippen LogP contribution in [0.4, 0.5) is 0 Å². The number of nitrogens with one attached hydrogen (secondary N) is 1. The third-order valence-electron chi connectivity index (χ3n) is 3.84. The van der Waals surface area contributed by atoms with Crippen LogP contribution in [0.1, 0.15) is 18.7 Å². The number of likely N-dealkylation sites (tertiary alicyclic amines) is 1. The fraction of sp³-hybridized carbons (Fsp3) is 0.467. The Morgan fingerprint density at radius 3 is 2.95 bits per heavy atom. The van der Waals surface area contributed by atoms with Gasteiger partial charge in [0.1, 0.15) is 0 Å². The van der Waals surface area contributed by atoms with Crippen molar-refractivity contribution < 1.29 is 4.52 Å². The molecular formula is C15H19ClN4O. The molecule has 0 saturated carbocycles. The van der Waals surface area contributed by atoms with Gasteiger partial charge in [0.15, 0.2) is 5.82 Å². The summed E-state index contributed by atoms with van der Waals surface area (Å²) >= 11 is 5.88. The maximum absolute atomic E-state index is 5.88. The van der Waals surface area contributed by atoms with Gasteiger partial charge in [0.2, 0.25) is 0 Å². The van der Waals surface area contributed by atoms with Crippen molar-refractivity contribution in [3.05, 3.63) is 35.1 Å². The number of benzene rings is 1. The van der Waals surface area contributed by atoms with E-state index in [9.17, 15) is 0 Å². The first-order valence-corrected chi connectivity index (χ1v) is 7.60. The van der Waals surface area contributed by atoms with E-state index in [1.54, 1.807) is 0 Å². The molecule has 1 fully saturated rings. The van der Waals surface area contributed by atoms with Crippen molar-refractivity contribution in [3.8, 4) is 11.5 Å². The van der Waals surface area contributed by atoms with E-state index in [0.717, 1.165) is 31.0 Å². The minimum atomic E-state index is 0.545. The first-order chi connectivity index (χ1) is 10.2. The monoisotopic (exact) mass is 306 g/mol. The predicted octanol–water partition coefficient (Wildman–Crippen LogP) is 2.57. The van der Waals surface area contributed by atoms with Gasteiger partial charge in [0, 0.05) is 23.2 Å². The molecule has 1 aliphatic rings. The minimum Gasteiger partial charge on any atom is -0.334 e. The zero-order valence-corrected chi connectivity index (χ0v) is 12.8. The van der Waals surface area contributed by atoms with E-state index in [2.05, 4.69) is 20.4 Å². The van der Waals surface area contributed by atoms with Gasteiger partial charge in [0.05, 0.1) is 6.54 Å². The molecule has 6 heteroatoms. The molecule has 5 nitrogen and oxygen atoms in total. The van der Waals surface area contributed by atoms with Crippen LogP contribution in [0.25, 0.3) is 11.5 Å². The maximum Gasteiger partial charge on any atom is 0.257 e. The topological polar surface area (TPSA) is 54.2 Å². The summed E-state index contributed by atoms with van der Waals surface area (Å²) in [5, 5.41) is 8.12. The maximum atomic E-state index is 5.88. The lowest BCUT2D eigenvalue weighted by atomic mass is 10.1. The van der Waals surface area contributed by atoms with E-state index in [1.165, 1.54) is 12.8 Å². The van der Waals surface area contributed by atoms with Crippen molar-refractivity contribution >= 4 is 11.6 Å². The third kappa shape index (κ3) is 3.61.